The van der Waals surface area contributed by atoms with Crippen LogP contribution >= 0.6 is 0 Å². The van der Waals surface area contributed by atoms with Gasteiger partial charge in [-0.3, -0.25) is 4.79 Å². The van der Waals surface area contributed by atoms with E-state index in [9.17, 15) is 18.0 Å². The smallest absolute Gasteiger partial charge is 0.381 e. The summed E-state index contributed by atoms with van der Waals surface area (Å²) in [5, 5.41) is 5.72. The third-order valence-corrected chi connectivity index (χ3v) is 2.94. The highest BCUT2D eigenvalue weighted by atomic mass is 19.4. The van der Waals surface area contributed by atoms with E-state index in [0.717, 1.165) is 12.8 Å². The van der Waals surface area contributed by atoms with E-state index >= 15 is 0 Å². The van der Waals surface area contributed by atoms with Gasteiger partial charge in [0.15, 0.2) is 0 Å². The molecule has 1 aliphatic rings. The van der Waals surface area contributed by atoms with Gasteiger partial charge in [-0.2, -0.15) is 13.2 Å². The third kappa shape index (κ3) is 8.83. The number of carbonyl (C=O) groups is 1. The topological polar surface area (TPSA) is 50.4 Å². The predicted octanol–water partition coefficient (Wildman–Crippen LogP) is 1.60. The molecule has 1 amide bonds. The lowest BCUT2D eigenvalue weighted by Crippen LogP contribution is -2.43. The summed E-state index contributed by atoms with van der Waals surface area (Å²) in [4.78, 5) is 11.5. The van der Waals surface area contributed by atoms with Gasteiger partial charge in [-0.25, -0.2) is 0 Å². The Kier molecular flexibility index (Phi) is 7.15. The molecule has 0 radical (unpaired) electrons. The number of unbranched alkanes of at least 4 members (excludes halogenated alkanes) is 1. The summed E-state index contributed by atoms with van der Waals surface area (Å²) in [6.45, 7) is 1.91. The van der Waals surface area contributed by atoms with Crippen molar-refractivity contribution in [2.75, 3.05) is 26.3 Å². The first-order valence-electron chi connectivity index (χ1n) is 6.62. The average Bonchev–Trinajstić information content (AvgIpc) is 2.33. The molecule has 0 spiro atoms. The minimum Gasteiger partial charge on any atom is -0.381 e. The molecule has 2 N–H and O–H groups in total. The molecule has 0 aromatic carbocycles. The maximum atomic E-state index is 11.9. The minimum atomic E-state index is -4.08. The first-order valence-corrected chi connectivity index (χ1v) is 6.62. The average molecular weight is 282 g/mol. The number of amides is 1. The van der Waals surface area contributed by atoms with Crippen molar-refractivity contribution in [3.63, 3.8) is 0 Å². The van der Waals surface area contributed by atoms with Crippen molar-refractivity contribution < 1.29 is 22.7 Å². The fourth-order valence-electron chi connectivity index (χ4n) is 1.90. The summed E-state index contributed by atoms with van der Waals surface area (Å²) >= 11 is 0. The summed E-state index contributed by atoms with van der Waals surface area (Å²) < 4.78 is 40.8. The van der Waals surface area contributed by atoms with Crippen LogP contribution in [-0.2, 0) is 9.53 Å². The number of ether oxygens (including phenoxy) is 1. The van der Waals surface area contributed by atoms with E-state index in [-0.39, 0.29) is 24.9 Å². The molecule has 0 unspecified atom stereocenters. The van der Waals surface area contributed by atoms with Crippen molar-refractivity contribution in [3.8, 4) is 0 Å². The Morgan fingerprint density at radius 3 is 2.53 bits per heavy atom. The van der Waals surface area contributed by atoms with E-state index in [1.165, 1.54) is 0 Å². The van der Waals surface area contributed by atoms with Crippen molar-refractivity contribution >= 4 is 5.91 Å². The van der Waals surface area contributed by atoms with E-state index in [2.05, 4.69) is 10.6 Å². The van der Waals surface area contributed by atoms with Crippen LogP contribution in [-0.4, -0.2) is 44.4 Å². The number of halogens is 3. The van der Waals surface area contributed by atoms with Crippen LogP contribution in [0.1, 0.15) is 32.1 Å². The molecule has 1 heterocycles. The SMILES string of the molecule is O=C(CNCCCCC(F)(F)F)NC1CCOCC1. The highest BCUT2D eigenvalue weighted by Gasteiger charge is 2.25. The summed E-state index contributed by atoms with van der Waals surface area (Å²) in [5.41, 5.74) is 0. The number of hydrogen-bond acceptors (Lipinski definition) is 3. The third-order valence-electron chi connectivity index (χ3n) is 2.94. The molecule has 0 aliphatic carbocycles. The highest BCUT2D eigenvalue weighted by molar-refractivity contribution is 5.78. The Hall–Kier alpha value is -0.820. The monoisotopic (exact) mass is 282 g/mol. The predicted molar refractivity (Wildman–Crippen MR) is 64.8 cm³/mol. The van der Waals surface area contributed by atoms with Crippen LogP contribution in [0.25, 0.3) is 0 Å². The molecule has 4 nitrogen and oxygen atoms in total. The van der Waals surface area contributed by atoms with Gasteiger partial charge in [0, 0.05) is 25.7 Å². The van der Waals surface area contributed by atoms with Gasteiger partial charge in [0.2, 0.25) is 5.91 Å². The van der Waals surface area contributed by atoms with Crippen LogP contribution < -0.4 is 10.6 Å². The molecule has 0 atom stereocenters. The van der Waals surface area contributed by atoms with Gasteiger partial charge in [0.25, 0.3) is 0 Å². The standard InChI is InChI=1S/C12H21F3N2O2/c13-12(14,15)5-1-2-6-16-9-11(18)17-10-3-7-19-8-4-10/h10,16H,1-9H2,(H,17,18). The Morgan fingerprint density at radius 2 is 1.89 bits per heavy atom. The van der Waals surface area contributed by atoms with E-state index in [4.69, 9.17) is 4.74 Å². The van der Waals surface area contributed by atoms with E-state index in [1.54, 1.807) is 0 Å². The number of rotatable bonds is 7. The van der Waals surface area contributed by atoms with Gasteiger partial charge in [0.05, 0.1) is 6.54 Å². The molecule has 0 saturated carbocycles. The van der Waals surface area contributed by atoms with Gasteiger partial charge in [0.1, 0.15) is 0 Å². The van der Waals surface area contributed by atoms with Crippen molar-refractivity contribution in [1.82, 2.24) is 10.6 Å². The fourth-order valence-corrected chi connectivity index (χ4v) is 1.90. The van der Waals surface area contributed by atoms with Crippen LogP contribution in [0.15, 0.2) is 0 Å². The number of carbonyl (C=O) groups excluding carboxylic acids is 1. The van der Waals surface area contributed by atoms with E-state index in [0.29, 0.717) is 26.2 Å². The van der Waals surface area contributed by atoms with Gasteiger partial charge in [-0.15, -0.1) is 0 Å². The molecular weight excluding hydrogens is 261 g/mol. The van der Waals surface area contributed by atoms with E-state index in [1.807, 2.05) is 0 Å². The zero-order valence-corrected chi connectivity index (χ0v) is 10.9. The van der Waals surface area contributed by atoms with Crippen molar-refractivity contribution in [1.29, 1.82) is 0 Å². The van der Waals surface area contributed by atoms with Crippen LogP contribution in [0.4, 0.5) is 13.2 Å². The molecule has 112 valence electrons. The molecule has 1 rings (SSSR count). The lowest BCUT2D eigenvalue weighted by atomic mass is 10.1. The second kappa shape index (κ2) is 8.37. The second-order valence-electron chi connectivity index (χ2n) is 4.70. The summed E-state index contributed by atoms with van der Waals surface area (Å²) in [7, 11) is 0. The first kappa shape index (κ1) is 16.2. The maximum absolute atomic E-state index is 11.9. The molecule has 7 heteroatoms. The molecule has 1 fully saturated rings. The van der Waals surface area contributed by atoms with E-state index < -0.39 is 12.6 Å². The Balaban J connectivity index is 1.95. The summed E-state index contributed by atoms with van der Waals surface area (Å²) in [6, 6.07) is 0.160. The van der Waals surface area contributed by atoms with Gasteiger partial charge < -0.3 is 15.4 Å². The maximum Gasteiger partial charge on any atom is 0.389 e. The Labute approximate surface area is 111 Å². The number of nitrogens with one attached hydrogen (secondary N) is 2. The fraction of sp³-hybridized carbons (Fsp3) is 0.917. The van der Waals surface area contributed by atoms with Crippen LogP contribution in [0.5, 0.6) is 0 Å². The molecular formula is C12H21F3N2O2. The number of alkyl halides is 3. The highest BCUT2D eigenvalue weighted by Crippen LogP contribution is 2.21. The lowest BCUT2D eigenvalue weighted by Gasteiger charge is -2.23. The normalized spacial score (nSPS) is 17.4. The molecule has 0 aromatic rings. The molecule has 0 aromatic heterocycles. The van der Waals surface area contributed by atoms with Crippen LogP contribution in [0.2, 0.25) is 0 Å². The molecule has 0 bridgehead atoms. The first-order chi connectivity index (χ1) is 8.97. The van der Waals surface area contributed by atoms with Gasteiger partial charge >= 0.3 is 6.18 Å². The zero-order chi connectivity index (χ0) is 14.1. The van der Waals surface area contributed by atoms with Crippen molar-refractivity contribution in [2.45, 2.75) is 44.3 Å². The van der Waals surface area contributed by atoms with Crippen LogP contribution in [0.3, 0.4) is 0 Å². The van der Waals surface area contributed by atoms with Crippen molar-refractivity contribution in [3.05, 3.63) is 0 Å². The molecule has 1 saturated heterocycles. The second-order valence-corrected chi connectivity index (χ2v) is 4.70. The zero-order valence-electron chi connectivity index (χ0n) is 10.9. The summed E-state index contributed by atoms with van der Waals surface area (Å²) in [5.74, 6) is -0.109. The van der Waals surface area contributed by atoms with Gasteiger partial charge in [-0.1, -0.05) is 0 Å². The van der Waals surface area contributed by atoms with Gasteiger partial charge in [-0.05, 0) is 32.2 Å². The Bertz CT molecular complexity index is 266. The summed E-state index contributed by atoms with van der Waals surface area (Å²) in [6.07, 6.45) is -2.69. The van der Waals surface area contributed by atoms with Crippen molar-refractivity contribution in [2.24, 2.45) is 0 Å². The minimum absolute atomic E-state index is 0.0953. The lowest BCUT2D eigenvalue weighted by molar-refractivity contribution is -0.135. The molecule has 19 heavy (non-hydrogen) atoms. The van der Waals surface area contributed by atoms with Crippen LogP contribution in [0, 0.1) is 0 Å². The Morgan fingerprint density at radius 1 is 1.21 bits per heavy atom. The number of hydrogen-bond donors (Lipinski definition) is 2. The largest absolute Gasteiger partial charge is 0.389 e. The quantitative estimate of drug-likeness (QED) is 0.697. The molecule has 1 aliphatic heterocycles.